The van der Waals surface area contributed by atoms with Crippen LogP contribution in [0.15, 0.2) is 46.9 Å². The Balaban J connectivity index is 1.75. The van der Waals surface area contributed by atoms with Crippen LogP contribution in [0.4, 0.5) is 24.5 Å². The third-order valence-corrected chi connectivity index (χ3v) is 4.30. The third kappa shape index (κ3) is 4.86. The molecule has 32 heavy (non-hydrogen) atoms. The molecule has 0 spiro atoms. The van der Waals surface area contributed by atoms with E-state index in [0.29, 0.717) is 22.6 Å². The van der Waals surface area contributed by atoms with Crippen LogP contribution in [0.5, 0.6) is 0 Å². The van der Waals surface area contributed by atoms with Gasteiger partial charge in [-0.1, -0.05) is 18.2 Å². The zero-order chi connectivity index (χ0) is 23.5. The fourth-order valence-corrected chi connectivity index (χ4v) is 2.92. The molecule has 0 fully saturated rings. The lowest BCUT2D eigenvalue weighted by Crippen LogP contribution is -2.23. The predicted octanol–water partition coefficient (Wildman–Crippen LogP) is 4.30. The number of nitrogens with one attached hydrogen (secondary N) is 1. The summed E-state index contributed by atoms with van der Waals surface area (Å²) in [6.45, 7) is -0.901. The van der Waals surface area contributed by atoms with E-state index in [1.54, 1.807) is 24.3 Å². The molecule has 12 heteroatoms. The lowest BCUT2D eigenvalue weighted by atomic mass is 10.1. The minimum atomic E-state index is -4.96. The lowest BCUT2D eigenvalue weighted by Gasteiger charge is -2.13. The highest BCUT2D eigenvalue weighted by Crippen LogP contribution is 2.37. The van der Waals surface area contributed by atoms with Crippen molar-refractivity contribution in [3.05, 3.63) is 69.5 Å². The summed E-state index contributed by atoms with van der Waals surface area (Å²) in [7, 11) is 1.41. The van der Waals surface area contributed by atoms with Crippen molar-refractivity contribution in [2.45, 2.75) is 12.8 Å². The molecule has 0 saturated carbocycles. The molecule has 0 atom stereocenters. The summed E-state index contributed by atoms with van der Waals surface area (Å²) >= 11 is 0. The van der Waals surface area contributed by atoms with E-state index in [2.05, 4.69) is 0 Å². The number of benzene rings is 2. The van der Waals surface area contributed by atoms with Crippen LogP contribution in [0, 0.1) is 10.1 Å². The average molecular weight is 452 g/mol. The molecule has 1 heterocycles. The number of non-ortho nitro benzene ring substituents is 1. The van der Waals surface area contributed by atoms with E-state index in [1.807, 2.05) is 5.32 Å². The van der Waals surface area contributed by atoms with Gasteiger partial charge in [-0.25, -0.2) is 4.79 Å². The molecule has 3 rings (SSSR count). The van der Waals surface area contributed by atoms with E-state index in [9.17, 15) is 32.9 Å². The fraction of sp³-hybridized carbons (Fsp3) is 0.200. The first kappa shape index (κ1) is 22.7. The van der Waals surface area contributed by atoms with E-state index in [0.717, 1.165) is 12.1 Å². The van der Waals surface area contributed by atoms with E-state index in [-0.39, 0.29) is 12.4 Å². The summed E-state index contributed by atoms with van der Waals surface area (Å²) < 4.78 is 55.0. The number of carbonyl (C=O) groups is 2. The van der Waals surface area contributed by atoms with Gasteiger partial charge in [0, 0.05) is 30.2 Å². The van der Waals surface area contributed by atoms with Crippen LogP contribution in [0.3, 0.4) is 0 Å². The molecule has 0 radical (unpaired) electrons. The summed E-state index contributed by atoms with van der Waals surface area (Å²) in [5.41, 5.74) is -2.14. The number of nitro benzene ring substituents is 1. The number of nitrogens with zero attached hydrogens (tertiary/aromatic N) is 1. The smallest absolute Gasteiger partial charge is 0.418 e. The SMILES string of the molecule is COCc1c(C(=O)OCC(=O)Nc2ccc([N+](=O)[O-])cc2C(F)(F)F)oc2ccccc12. The van der Waals surface area contributed by atoms with Crippen LogP contribution in [0.25, 0.3) is 11.0 Å². The van der Waals surface area contributed by atoms with Crippen LogP contribution in [-0.4, -0.2) is 30.5 Å². The van der Waals surface area contributed by atoms with Crippen molar-refractivity contribution in [1.29, 1.82) is 0 Å². The van der Waals surface area contributed by atoms with Crippen molar-refractivity contribution in [3.8, 4) is 0 Å². The second kappa shape index (κ2) is 9.06. The van der Waals surface area contributed by atoms with Gasteiger partial charge in [-0.3, -0.25) is 14.9 Å². The molecule has 1 N–H and O–H groups in total. The Morgan fingerprint density at radius 3 is 2.56 bits per heavy atom. The molecule has 0 bridgehead atoms. The van der Waals surface area contributed by atoms with Gasteiger partial charge >= 0.3 is 12.1 Å². The van der Waals surface area contributed by atoms with E-state index in [4.69, 9.17) is 13.9 Å². The minimum Gasteiger partial charge on any atom is -0.450 e. The number of ether oxygens (including phenoxy) is 2. The van der Waals surface area contributed by atoms with Crippen molar-refractivity contribution < 1.29 is 41.6 Å². The van der Waals surface area contributed by atoms with Crippen molar-refractivity contribution >= 4 is 34.2 Å². The number of hydrogen-bond donors (Lipinski definition) is 1. The number of hydrogen-bond acceptors (Lipinski definition) is 7. The number of amides is 1. The third-order valence-electron chi connectivity index (χ3n) is 4.30. The number of para-hydroxylation sites is 1. The Hall–Kier alpha value is -3.93. The van der Waals surface area contributed by atoms with Crippen LogP contribution in [-0.2, 0) is 27.1 Å². The van der Waals surface area contributed by atoms with Crippen molar-refractivity contribution in [2.75, 3.05) is 19.0 Å². The van der Waals surface area contributed by atoms with Gasteiger partial charge in [0.15, 0.2) is 6.61 Å². The average Bonchev–Trinajstić information content (AvgIpc) is 3.10. The first-order valence-electron chi connectivity index (χ1n) is 8.93. The number of carbonyl (C=O) groups excluding carboxylic acids is 2. The standard InChI is InChI=1S/C20H15F3N2O7/c1-30-9-13-12-4-2-3-5-16(12)32-18(13)19(27)31-10-17(26)24-15-7-6-11(25(28)29)8-14(15)20(21,22)23/h2-8H,9-10H2,1H3,(H,24,26). The normalized spacial score (nSPS) is 11.4. The Labute approximate surface area is 177 Å². The van der Waals surface area contributed by atoms with E-state index in [1.165, 1.54) is 7.11 Å². The number of nitro groups is 1. The zero-order valence-corrected chi connectivity index (χ0v) is 16.4. The maximum absolute atomic E-state index is 13.2. The quantitative estimate of drug-likeness (QED) is 0.322. The largest absolute Gasteiger partial charge is 0.450 e. The molecular weight excluding hydrogens is 437 g/mol. The van der Waals surface area contributed by atoms with E-state index >= 15 is 0 Å². The number of methoxy groups -OCH3 is 1. The molecule has 1 amide bonds. The molecule has 9 nitrogen and oxygen atoms in total. The number of alkyl halides is 3. The van der Waals surface area contributed by atoms with Gasteiger partial charge in [-0.15, -0.1) is 0 Å². The number of anilines is 1. The predicted molar refractivity (Wildman–Crippen MR) is 104 cm³/mol. The van der Waals surface area contributed by atoms with Gasteiger partial charge in [-0.05, 0) is 12.1 Å². The summed E-state index contributed by atoms with van der Waals surface area (Å²) in [4.78, 5) is 34.2. The van der Waals surface area contributed by atoms with Gasteiger partial charge in [0.1, 0.15) is 5.58 Å². The van der Waals surface area contributed by atoms with Crippen LogP contribution in [0.1, 0.15) is 21.7 Å². The van der Waals surface area contributed by atoms with E-state index < -0.39 is 46.5 Å². The lowest BCUT2D eigenvalue weighted by molar-refractivity contribution is -0.385. The summed E-state index contributed by atoms with van der Waals surface area (Å²) in [6.07, 6.45) is -4.96. The summed E-state index contributed by atoms with van der Waals surface area (Å²) in [5, 5.41) is 13.3. The Morgan fingerprint density at radius 2 is 1.91 bits per heavy atom. The van der Waals surface area contributed by atoms with Gasteiger partial charge in [0.05, 0.1) is 22.8 Å². The highest BCUT2D eigenvalue weighted by Gasteiger charge is 2.35. The molecular formula is C20H15F3N2O7. The summed E-state index contributed by atoms with van der Waals surface area (Å²) in [6, 6.07) is 8.58. The molecule has 0 aliphatic heterocycles. The topological polar surface area (TPSA) is 121 Å². The first-order valence-corrected chi connectivity index (χ1v) is 8.93. The van der Waals surface area contributed by atoms with Crippen molar-refractivity contribution in [1.82, 2.24) is 0 Å². The first-order chi connectivity index (χ1) is 15.1. The van der Waals surface area contributed by atoms with Crippen LogP contribution >= 0.6 is 0 Å². The van der Waals surface area contributed by atoms with Gasteiger partial charge in [0.25, 0.3) is 11.6 Å². The number of halogens is 3. The molecule has 0 aliphatic rings. The van der Waals surface area contributed by atoms with Crippen LogP contribution in [0.2, 0.25) is 0 Å². The minimum absolute atomic E-state index is 0.0192. The molecule has 1 aromatic heterocycles. The van der Waals surface area contributed by atoms with Gasteiger partial charge in [-0.2, -0.15) is 13.2 Å². The highest BCUT2D eigenvalue weighted by atomic mass is 19.4. The summed E-state index contributed by atoms with van der Waals surface area (Å²) in [5.74, 6) is -2.29. The molecule has 0 saturated heterocycles. The van der Waals surface area contributed by atoms with Crippen molar-refractivity contribution in [3.63, 3.8) is 0 Å². The maximum atomic E-state index is 13.2. The second-order valence-electron chi connectivity index (χ2n) is 6.45. The molecule has 3 aromatic rings. The number of fused-ring (bicyclic) bond motifs is 1. The number of rotatable bonds is 7. The Morgan fingerprint density at radius 1 is 1.19 bits per heavy atom. The molecule has 0 aliphatic carbocycles. The molecule has 0 unspecified atom stereocenters. The molecule has 2 aromatic carbocycles. The number of esters is 1. The van der Waals surface area contributed by atoms with Gasteiger partial charge < -0.3 is 19.2 Å². The monoisotopic (exact) mass is 452 g/mol. The second-order valence-corrected chi connectivity index (χ2v) is 6.45. The van der Waals surface area contributed by atoms with Crippen molar-refractivity contribution in [2.24, 2.45) is 0 Å². The zero-order valence-electron chi connectivity index (χ0n) is 16.4. The van der Waals surface area contributed by atoms with Gasteiger partial charge in [0.2, 0.25) is 5.76 Å². The highest BCUT2D eigenvalue weighted by molar-refractivity contribution is 5.98. The van der Waals surface area contributed by atoms with Crippen LogP contribution < -0.4 is 5.32 Å². The Bertz CT molecular complexity index is 1190. The number of furan rings is 1. The Kier molecular flexibility index (Phi) is 6.44. The fourth-order valence-electron chi connectivity index (χ4n) is 2.92. The molecule has 168 valence electrons. The maximum Gasteiger partial charge on any atom is 0.418 e.